The van der Waals surface area contributed by atoms with Crippen LogP contribution < -0.4 is 9.47 Å². The van der Waals surface area contributed by atoms with Crippen molar-refractivity contribution in [3.8, 4) is 35.2 Å². The van der Waals surface area contributed by atoms with Crippen molar-refractivity contribution in [1.82, 2.24) is 0 Å². The maximum absolute atomic E-state index is 12.8. The predicted octanol–water partition coefficient (Wildman–Crippen LogP) is 11.1. The van der Waals surface area contributed by atoms with Crippen LogP contribution in [0.15, 0.2) is 145 Å². The number of methoxy groups -OCH3 is 1. The molecule has 0 aromatic heterocycles. The van der Waals surface area contributed by atoms with E-state index in [1.54, 1.807) is 6.07 Å². The molecule has 0 aliphatic heterocycles. The van der Waals surface area contributed by atoms with Gasteiger partial charge in [0.1, 0.15) is 17.1 Å². The smallest absolute Gasteiger partial charge is 0.342 e. The molecule has 0 N–H and O–H groups in total. The highest BCUT2D eigenvalue weighted by Gasteiger charge is 2.18. The van der Waals surface area contributed by atoms with E-state index in [1.165, 1.54) is 7.11 Å². The van der Waals surface area contributed by atoms with E-state index in [4.69, 9.17) is 23.7 Å². The second-order valence-corrected chi connectivity index (χ2v) is 14.1. The molecule has 10 nitrogen and oxygen atoms in total. The summed E-state index contributed by atoms with van der Waals surface area (Å²) in [7, 11) is 1.34. The minimum Gasteiger partial charge on any atom is -0.493 e. The van der Waals surface area contributed by atoms with Gasteiger partial charge >= 0.3 is 17.9 Å². The first kappa shape index (κ1) is 44.6. The van der Waals surface area contributed by atoms with Gasteiger partial charge < -0.3 is 23.7 Å². The van der Waals surface area contributed by atoms with Crippen LogP contribution in [0.25, 0.3) is 21.5 Å². The van der Waals surface area contributed by atoms with Crippen LogP contribution in [0.3, 0.4) is 0 Å². The molecule has 0 aliphatic rings. The average molecular weight is 839 g/mol. The largest absolute Gasteiger partial charge is 0.493 e. The summed E-state index contributed by atoms with van der Waals surface area (Å²) in [6.45, 7) is 10.3. The summed E-state index contributed by atoms with van der Waals surface area (Å²) in [5.41, 5.74) is 6.15. The SMILES string of the molecule is C=CC(=O)OCCCCOc1ccc2cc(C#Cc3ccc(N=Nc4ccc(C#Cc5ccc6c(C(=O)OC)c(OCCCCOC(=O)C=C)ccc6c5)cc4)cc3)ccc2c1C. The summed E-state index contributed by atoms with van der Waals surface area (Å²) >= 11 is 0. The molecule has 0 amide bonds. The van der Waals surface area contributed by atoms with Crippen LogP contribution >= 0.6 is 0 Å². The fraction of sp³-hybridized carbons (Fsp3) is 0.189. The first-order valence-electron chi connectivity index (χ1n) is 20.4. The zero-order valence-corrected chi connectivity index (χ0v) is 35.3. The van der Waals surface area contributed by atoms with Crippen molar-refractivity contribution < 1.29 is 38.1 Å². The first-order chi connectivity index (χ1) is 30.7. The third kappa shape index (κ3) is 12.8. The normalized spacial score (nSPS) is 10.6. The Bertz CT molecular complexity index is 2790. The van der Waals surface area contributed by atoms with Gasteiger partial charge in [-0.2, -0.15) is 10.2 Å². The molecule has 10 heteroatoms. The molecule has 6 rings (SSSR count). The highest BCUT2D eigenvalue weighted by Crippen LogP contribution is 2.31. The molecule has 0 spiro atoms. The molecule has 0 radical (unpaired) electrons. The van der Waals surface area contributed by atoms with E-state index >= 15 is 0 Å². The van der Waals surface area contributed by atoms with Crippen molar-refractivity contribution in [2.75, 3.05) is 33.5 Å². The second-order valence-electron chi connectivity index (χ2n) is 14.1. The number of unbranched alkanes of at least 4 members (excludes halogenated alkanes) is 2. The van der Waals surface area contributed by atoms with E-state index in [0.29, 0.717) is 60.7 Å². The molecule has 0 bridgehead atoms. The summed E-state index contributed by atoms with van der Waals surface area (Å²) < 4.78 is 27.0. The number of ether oxygens (including phenoxy) is 5. The number of carbonyl (C=O) groups is 3. The van der Waals surface area contributed by atoms with Crippen LogP contribution in [0.4, 0.5) is 11.4 Å². The molecule has 6 aromatic rings. The third-order valence-corrected chi connectivity index (χ3v) is 9.74. The summed E-state index contributed by atoms with van der Waals surface area (Å²) in [5, 5.41) is 12.5. The molecule has 0 unspecified atom stereocenters. The standard InChI is InChI=1S/C53H46N2O8/c1-5-50(56)62-33-9-7-31-60-48-29-21-42-35-40(19-27-46(42)37(48)3)13-11-38-15-23-44(24-16-38)54-55-45-25-17-39(18-26-45)12-14-41-20-28-47-43(36-41)22-30-49(52(47)53(58)59-4)61-32-8-10-34-63-51(57)6-2/h5-6,15-30,35-36H,1-2,7-10,31-34H2,3-4H3. The Kier molecular flexibility index (Phi) is 16.0. The van der Waals surface area contributed by atoms with Crippen molar-refractivity contribution in [2.45, 2.75) is 32.6 Å². The first-order valence-corrected chi connectivity index (χ1v) is 20.4. The van der Waals surface area contributed by atoms with Gasteiger partial charge in [-0.3, -0.25) is 0 Å². The Morgan fingerprint density at radius 2 is 0.968 bits per heavy atom. The Morgan fingerprint density at radius 3 is 1.48 bits per heavy atom. The molecular formula is C53H46N2O8. The summed E-state index contributed by atoms with van der Waals surface area (Å²) in [4.78, 5) is 35.2. The Hall–Kier alpha value is -7.95. The topological polar surface area (TPSA) is 122 Å². The van der Waals surface area contributed by atoms with Crippen LogP contribution in [0, 0.1) is 30.6 Å². The molecule has 0 heterocycles. The molecule has 0 saturated carbocycles. The minimum absolute atomic E-state index is 0.265. The fourth-order valence-corrected chi connectivity index (χ4v) is 6.38. The summed E-state index contributed by atoms with van der Waals surface area (Å²) in [6.07, 6.45) is 5.02. The van der Waals surface area contributed by atoms with Gasteiger partial charge in [0.2, 0.25) is 0 Å². The molecule has 0 atom stereocenters. The van der Waals surface area contributed by atoms with Gasteiger partial charge in [-0.25, -0.2) is 14.4 Å². The lowest BCUT2D eigenvalue weighted by Crippen LogP contribution is -2.09. The molecule has 0 fully saturated rings. The number of nitrogens with zero attached hydrogens (tertiary/aromatic N) is 2. The number of hydrogen-bond donors (Lipinski definition) is 0. The van der Waals surface area contributed by atoms with Crippen LogP contribution in [-0.4, -0.2) is 51.4 Å². The van der Waals surface area contributed by atoms with E-state index in [9.17, 15) is 14.4 Å². The van der Waals surface area contributed by atoms with E-state index in [1.807, 2.05) is 97.9 Å². The van der Waals surface area contributed by atoms with E-state index in [2.05, 4.69) is 59.2 Å². The number of azo groups is 1. The summed E-state index contributed by atoms with van der Waals surface area (Å²) in [6, 6.07) is 34.5. The van der Waals surface area contributed by atoms with Gasteiger partial charge in [0, 0.05) is 39.8 Å². The van der Waals surface area contributed by atoms with E-state index in [0.717, 1.165) is 74.7 Å². The van der Waals surface area contributed by atoms with Crippen molar-refractivity contribution in [1.29, 1.82) is 0 Å². The Morgan fingerprint density at radius 1 is 0.540 bits per heavy atom. The second kappa shape index (κ2) is 22.6. The lowest BCUT2D eigenvalue weighted by Gasteiger charge is -2.13. The van der Waals surface area contributed by atoms with Crippen molar-refractivity contribution in [3.63, 3.8) is 0 Å². The lowest BCUT2D eigenvalue weighted by molar-refractivity contribution is -0.138. The number of esters is 3. The Labute approximate surface area is 367 Å². The molecule has 316 valence electrons. The van der Waals surface area contributed by atoms with Gasteiger partial charge in [-0.1, -0.05) is 61.1 Å². The third-order valence-electron chi connectivity index (χ3n) is 9.74. The van der Waals surface area contributed by atoms with Crippen LogP contribution in [0.5, 0.6) is 11.5 Å². The summed E-state index contributed by atoms with van der Waals surface area (Å²) in [5.74, 6) is 12.8. The zero-order chi connectivity index (χ0) is 44.4. The van der Waals surface area contributed by atoms with Crippen molar-refractivity contribution in [2.24, 2.45) is 10.2 Å². The number of rotatable bonds is 17. The van der Waals surface area contributed by atoms with E-state index in [-0.39, 0.29) is 6.61 Å². The monoisotopic (exact) mass is 838 g/mol. The van der Waals surface area contributed by atoms with Gasteiger partial charge in [-0.05, 0) is 139 Å². The Balaban J connectivity index is 1.01. The minimum atomic E-state index is -0.499. The highest BCUT2D eigenvalue weighted by molar-refractivity contribution is 6.07. The van der Waals surface area contributed by atoms with Crippen LogP contribution in [0.1, 0.15) is 63.9 Å². The van der Waals surface area contributed by atoms with Gasteiger partial charge in [0.15, 0.2) is 0 Å². The van der Waals surface area contributed by atoms with E-state index < -0.39 is 17.9 Å². The quantitative estimate of drug-likeness (QED) is 0.0222. The van der Waals surface area contributed by atoms with Gasteiger partial charge in [0.25, 0.3) is 0 Å². The molecule has 63 heavy (non-hydrogen) atoms. The van der Waals surface area contributed by atoms with Crippen LogP contribution in [0.2, 0.25) is 0 Å². The van der Waals surface area contributed by atoms with Gasteiger partial charge in [0.05, 0.1) is 44.9 Å². The number of hydrogen-bond acceptors (Lipinski definition) is 10. The average Bonchev–Trinajstić information content (AvgIpc) is 3.32. The maximum Gasteiger partial charge on any atom is 0.342 e. The predicted molar refractivity (Wildman–Crippen MR) is 245 cm³/mol. The van der Waals surface area contributed by atoms with Crippen molar-refractivity contribution in [3.05, 3.63) is 168 Å². The van der Waals surface area contributed by atoms with Gasteiger partial charge in [-0.15, -0.1) is 0 Å². The van der Waals surface area contributed by atoms with Crippen LogP contribution in [-0.2, 0) is 23.8 Å². The van der Waals surface area contributed by atoms with Crippen molar-refractivity contribution >= 4 is 50.8 Å². The molecule has 0 saturated heterocycles. The molecule has 6 aromatic carbocycles. The number of aryl methyl sites for hydroxylation is 1. The number of fused-ring (bicyclic) bond motifs is 2. The molecule has 0 aliphatic carbocycles. The number of benzene rings is 6. The fourth-order valence-electron chi connectivity index (χ4n) is 6.38. The maximum atomic E-state index is 12.8. The zero-order valence-electron chi connectivity index (χ0n) is 35.3. The lowest BCUT2D eigenvalue weighted by atomic mass is 10.0. The molecular weight excluding hydrogens is 793 g/mol. The highest BCUT2D eigenvalue weighted by atomic mass is 16.5. The number of carbonyl (C=O) groups excluding carboxylic acids is 3.